The van der Waals surface area contributed by atoms with Crippen molar-refractivity contribution in [3.05, 3.63) is 67.2 Å². The highest BCUT2D eigenvalue weighted by atomic mass is 35.5. The van der Waals surface area contributed by atoms with Crippen LogP contribution in [0.1, 0.15) is 10.4 Å². The Morgan fingerprint density at radius 2 is 1.82 bits per heavy atom. The van der Waals surface area contributed by atoms with Gasteiger partial charge in [-0.2, -0.15) is 0 Å². The fraction of sp³-hybridized carbons (Fsp3) is 0.125. The number of carbonyl (C=O) groups excluding carboxylic acids is 2. The smallest absolute Gasteiger partial charge is 0.340 e. The van der Waals surface area contributed by atoms with Gasteiger partial charge in [-0.25, -0.2) is 4.79 Å². The molecule has 146 valence electrons. The highest BCUT2D eigenvalue weighted by Gasteiger charge is 2.20. The molecule has 0 radical (unpaired) electrons. The van der Waals surface area contributed by atoms with Gasteiger partial charge in [-0.15, -0.1) is 0 Å². The molecule has 11 nitrogen and oxygen atoms in total. The van der Waals surface area contributed by atoms with Gasteiger partial charge >= 0.3 is 5.97 Å². The van der Waals surface area contributed by atoms with E-state index in [4.69, 9.17) is 21.1 Å². The summed E-state index contributed by atoms with van der Waals surface area (Å²) in [7, 11) is 1.33. The first-order valence-corrected chi connectivity index (χ1v) is 7.84. The number of methoxy groups -OCH3 is 1. The first-order chi connectivity index (χ1) is 13.2. The quantitative estimate of drug-likeness (QED) is 0.416. The highest BCUT2D eigenvalue weighted by molar-refractivity contribution is 6.33. The molecule has 1 N–H and O–H groups in total. The van der Waals surface area contributed by atoms with Gasteiger partial charge in [0.15, 0.2) is 6.61 Å². The third-order valence-corrected chi connectivity index (χ3v) is 3.72. The van der Waals surface area contributed by atoms with Crippen molar-refractivity contribution in [2.45, 2.75) is 0 Å². The maximum Gasteiger partial charge on any atom is 0.340 e. The zero-order chi connectivity index (χ0) is 20.8. The van der Waals surface area contributed by atoms with Crippen LogP contribution in [0.2, 0.25) is 5.02 Å². The number of amides is 1. The number of ether oxygens (including phenoxy) is 2. The van der Waals surface area contributed by atoms with Crippen LogP contribution < -0.4 is 10.1 Å². The minimum Gasteiger partial charge on any atom is -0.496 e. The Balaban J connectivity index is 2.07. The first-order valence-electron chi connectivity index (χ1n) is 7.46. The molecule has 0 saturated heterocycles. The molecule has 0 unspecified atom stereocenters. The maximum atomic E-state index is 12.0. The van der Waals surface area contributed by atoms with Crippen molar-refractivity contribution < 1.29 is 28.9 Å². The van der Waals surface area contributed by atoms with Gasteiger partial charge in [0.05, 0.1) is 33.6 Å². The van der Waals surface area contributed by atoms with E-state index in [9.17, 15) is 29.8 Å². The summed E-state index contributed by atoms with van der Waals surface area (Å²) in [5, 5.41) is 24.0. The molecule has 0 aliphatic heterocycles. The van der Waals surface area contributed by atoms with Crippen molar-refractivity contribution in [3.63, 3.8) is 0 Å². The molecular weight excluding hydrogens is 398 g/mol. The lowest BCUT2D eigenvalue weighted by Crippen LogP contribution is -2.21. The van der Waals surface area contributed by atoms with Crippen LogP contribution in [-0.2, 0) is 9.53 Å². The predicted molar refractivity (Wildman–Crippen MR) is 96.7 cm³/mol. The van der Waals surface area contributed by atoms with Crippen molar-refractivity contribution in [1.29, 1.82) is 0 Å². The minimum atomic E-state index is -1.06. The Labute approximate surface area is 162 Å². The first kappa shape index (κ1) is 20.6. The van der Waals surface area contributed by atoms with Crippen LogP contribution in [0.4, 0.5) is 17.1 Å². The molecule has 0 aliphatic carbocycles. The second-order valence-corrected chi connectivity index (χ2v) is 5.59. The van der Waals surface area contributed by atoms with Crippen molar-refractivity contribution in [1.82, 2.24) is 0 Å². The molecule has 0 aliphatic rings. The number of rotatable bonds is 7. The summed E-state index contributed by atoms with van der Waals surface area (Å²) in [5.74, 6) is -1.70. The summed E-state index contributed by atoms with van der Waals surface area (Å²) in [5.41, 5.74) is -1.21. The summed E-state index contributed by atoms with van der Waals surface area (Å²) in [6, 6.07) is 6.94. The number of anilines is 1. The molecule has 1 amide bonds. The number of esters is 1. The van der Waals surface area contributed by atoms with Crippen LogP contribution in [0.25, 0.3) is 0 Å². The van der Waals surface area contributed by atoms with Gasteiger partial charge in [0, 0.05) is 12.1 Å². The number of nitrogens with zero attached hydrogens (tertiary/aromatic N) is 2. The fourth-order valence-electron chi connectivity index (χ4n) is 2.07. The number of nitrogens with one attached hydrogen (secondary N) is 1. The van der Waals surface area contributed by atoms with Crippen molar-refractivity contribution in [2.75, 3.05) is 19.0 Å². The Morgan fingerprint density at radius 3 is 2.43 bits per heavy atom. The molecule has 0 saturated carbocycles. The summed E-state index contributed by atoms with van der Waals surface area (Å²) in [4.78, 5) is 44.4. The molecule has 0 bridgehead atoms. The van der Waals surface area contributed by atoms with Crippen LogP contribution in [0.15, 0.2) is 36.4 Å². The van der Waals surface area contributed by atoms with E-state index in [1.54, 1.807) is 0 Å². The molecular formula is C16H12ClN3O8. The standard InChI is InChI=1S/C16H12ClN3O8/c1-27-10-3-5-13(14(7-10)20(25)26)18-15(21)8-28-16(22)11-6-9(19(23)24)2-4-12(11)17/h2-7H,8H2,1H3,(H,18,21). The fourth-order valence-corrected chi connectivity index (χ4v) is 2.27. The zero-order valence-corrected chi connectivity index (χ0v) is 15.0. The SMILES string of the molecule is COc1ccc(NC(=O)COC(=O)c2cc([N+](=O)[O-])ccc2Cl)c([N+](=O)[O-])c1. The number of hydrogen-bond acceptors (Lipinski definition) is 8. The van der Waals surface area contributed by atoms with E-state index in [1.165, 1.54) is 19.2 Å². The van der Waals surface area contributed by atoms with E-state index in [2.05, 4.69) is 5.32 Å². The second-order valence-electron chi connectivity index (χ2n) is 5.19. The van der Waals surface area contributed by atoms with Gasteiger partial charge in [0.1, 0.15) is 11.4 Å². The summed E-state index contributed by atoms with van der Waals surface area (Å²) >= 11 is 5.81. The van der Waals surface area contributed by atoms with Crippen LogP contribution in [0.3, 0.4) is 0 Å². The third kappa shape index (κ3) is 4.92. The largest absolute Gasteiger partial charge is 0.496 e. The van der Waals surface area contributed by atoms with Gasteiger partial charge in [-0.05, 0) is 18.2 Å². The van der Waals surface area contributed by atoms with Crippen molar-refractivity contribution in [3.8, 4) is 5.75 Å². The number of nitro benzene ring substituents is 2. The lowest BCUT2D eigenvalue weighted by atomic mass is 10.2. The lowest BCUT2D eigenvalue weighted by Gasteiger charge is -2.09. The Kier molecular flexibility index (Phi) is 6.45. The van der Waals surface area contributed by atoms with Gasteiger partial charge in [0.2, 0.25) is 0 Å². The van der Waals surface area contributed by atoms with Crippen LogP contribution in [0, 0.1) is 20.2 Å². The van der Waals surface area contributed by atoms with Crippen LogP contribution in [0.5, 0.6) is 5.75 Å². The van der Waals surface area contributed by atoms with E-state index < -0.39 is 34.0 Å². The normalized spacial score (nSPS) is 10.1. The molecule has 2 aromatic rings. The van der Waals surface area contributed by atoms with Gasteiger partial charge in [0.25, 0.3) is 17.3 Å². The molecule has 28 heavy (non-hydrogen) atoms. The number of carbonyl (C=O) groups is 2. The Bertz CT molecular complexity index is 963. The minimum absolute atomic E-state index is 0.0956. The van der Waals surface area contributed by atoms with E-state index in [-0.39, 0.29) is 27.7 Å². The lowest BCUT2D eigenvalue weighted by molar-refractivity contribution is -0.384. The van der Waals surface area contributed by atoms with Crippen LogP contribution in [-0.4, -0.2) is 35.4 Å². The van der Waals surface area contributed by atoms with E-state index in [1.807, 2.05) is 0 Å². The molecule has 2 rings (SSSR count). The molecule has 0 heterocycles. The molecule has 0 fully saturated rings. The predicted octanol–water partition coefficient (Wildman–Crippen LogP) is 2.96. The zero-order valence-electron chi connectivity index (χ0n) is 14.2. The molecule has 0 aromatic heterocycles. The Hall–Kier alpha value is -3.73. The van der Waals surface area contributed by atoms with Gasteiger partial charge in [-0.1, -0.05) is 11.6 Å². The number of nitro groups is 2. The highest BCUT2D eigenvalue weighted by Crippen LogP contribution is 2.29. The number of non-ortho nitro benzene ring substituents is 1. The van der Waals surface area contributed by atoms with Crippen LogP contribution >= 0.6 is 11.6 Å². The van der Waals surface area contributed by atoms with Gasteiger partial charge < -0.3 is 14.8 Å². The number of hydrogen-bond donors (Lipinski definition) is 1. The average molecular weight is 410 g/mol. The second kappa shape index (κ2) is 8.77. The summed E-state index contributed by atoms with van der Waals surface area (Å²) in [6.45, 7) is -0.791. The van der Waals surface area contributed by atoms with E-state index >= 15 is 0 Å². The van der Waals surface area contributed by atoms with Crippen molar-refractivity contribution in [2.24, 2.45) is 0 Å². The number of halogens is 1. The van der Waals surface area contributed by atoms with E-state index in [0.717, 1.165) is 24.3 Å². The molecule has 0 atom stereocenters. The Morgan fingerprint density at radius 1 is 1.11 bits per heavy atom. The maximum absolute atomic E-state index is 12.0. The monoisotopic (exact) mass is 409 g/mol. The summed E-state index contributed by atoms with van der Waals surface area (Å²) < 4.78 is 9.65. The van der Waals surface area contributed by atoms with E-state index in [0.29, 0.717) is 0 Å². The van der Waals surface area contributed by atoms with Crippen molar-refractivity contribution >= 4 is 40.5 Å². The molecule has 12 heteroatoms. The average Bonchev–Trinajstić information content (AvgIpc) is 2.66. The summed E-state index contributed by atoms with van der Waals surface area (Å²) in [6.07, 6.45) is 0. The topological polar surface area (TPSA) is 151 Å². The molecule has 0 spiro atoms. The third-order valence-electron chi connectivity index (χ3n) is 3.39. The molecule has 2 aromatic carbocycles. The van der Waals surface area contributed by atoms with Gasteiger partial charge in [-0.3, -0.25) is 25.0 Å². The number of benzene rings is 2.